The van der Waals surface area contributed by atoms with E-state index in [1.807, 2.05) is 6.92 Å². The summed E-state index contributed by atoms with van der Waals surface area (Å²) in [7, 11) is 0. The number of hydrogen-bond acceptors (Lipinski definition) is 4. The zero-order chi connectivity index (χ0) is 24.6. The van der Waals surface area contributed by atoms with E-state index < -0.39 is 17.3 Å². The number of Topliss-reactive ketones (excluding diaryl/α,β-unsaturated/α-hetero) is 1. The third-order valence-electron chi connectivity index (χ3n) is 9.94. The molecule has 0 aliphatic heterocycles. The van der Waals surface area contributed by atoms with Gasteiger partial charge in [-0.25, -0.2) is 0 Å². The summed E-state index contributed by atoms with van der Waals surface area (Å²) < 4.78 is 5.31. The molecule has 0 amide bonds. The zero-order valence-corrected chi connectivity index (χ0v) is 21.7. The van der Waals surface area contributed by atoms with Gasteiger partial charge in [0.25, 0.3) is 0 Å². The van der Waals surface area contributed by atoms with Crippen LogP contribution in [0, 0.1) is 46.3 Å². The minimum Gasteiger partial charge on any atom is -0.481 e. The molecular weight excluding hydrogens is 416 g/mol. The van der Waals surface area contributed by atoms with E-state index >= 15 is 0 Å². The fourth-order valence-electron chi connectivity index (χ4n) is 8.09. The Morgan fingerprint density at radius 1 is 1.03 bits per heavy atom. The zero-order valence-electron chi connectivity index (χ0n) is 21.7. The molecule has 5 heteroatoms. The molecule has 5 nitrogen and oxygen atoms in total. The lowest BCUT2D eigenvalue weighted by atomic mass is 9.50. The normalized spacial score (nSPS) is 39.8. The Balaban J connectivity index is 1.77. The Kier molecular flexibility index (Phi) is 8.01. The molecule has 0 bridgehead atoms. The molecule has 0 aromatic rings. The Morgan fingerprint density at radius 2 is 1.73 bits per heavy atom. The van der Waals surface area contributed by atoms with E-state index in [0.29, 0.717) is 24.7 Å². The highest BCUT2D eigenvalue weighted by atomic mass is 16.5. The molecule has 3 aliphatic rings. The molecule has 3 saturated carbocycles. The first-order valence-corrected chi connectivity index (χ1v) is 13.3. The number of esters is 1. The van der Waals surface area contributed by atoms with Crippen molar-refractivity contribution in [1.29, 1.82) is 0 Å². The molecule has 3 rings (SSSR count). The van der Waals surface area contributed by atoms with Crippen molar-refractivity contribution in [2.45, 2.75) is 112 Å². The number of rotatable bonds is 8. The minimum atomic E-state index is -0.722. The summed E-state index contributed by atoms with van der Waals surface area (Å²) in [6, 6.07) is 0. The monoisotopic (exact) mass is 462 g/mol. The van der Waals surface area contributed by atoms with Crippen molar-refractivity contribution >= 4 is 17.7 Å². The van der Waals surface area contributed by atoms with Crippen molar-refractivity contribution in [1.82, 2.24) is 0 Å². The van der Waals surface area contributed by atoms with Crippen LogP contribution in [0.25, 0.3) is 0 Å². The number of carbonyl (C=O) groups is 3. The maximum Gasteiger partial charge on any atom is 0.307 e. The van der Waals surface area contributed by atoms with Crippen LogP contribution in [0.15, 0.2) is 0 Å². The maximum absolute atomic E-state index is 13.3. The van der Waals surface area contributed by atoms with Crippen molar-refractivity contribution in [2.24, 2.45) is 46.3 Å². The third-order valence-corrected chi connectivity index (χ3v) is 9.94. The lowest BCUT2D eigenvalue weighted by Gasteiger charge is -2.53. The molecule has 0 aromatic heterocycles. The lowest BCUT2D eigenvalue weighted by molar-refractivity contribution is -0.165. The van der Waals surface area contributed by atoms with Crippen LogP contribution in [0.1, 0.15) is 106 Å². The average Bonchev–Trinajstić information content (AvgIpc) is 3.06. The second-order valence-electron chi connectivity index (χ2n) is 12.4. The van der Waals surface area contributed by atoms with E-state index in [0.717, 1.165) is 31.6 Å². The van der Waals surface area contributed by atoms with Crippen molar-refractivity contribution in [2.75, 3.05) is 0 Å². The van der Waals surface area contributed by atoms with E-state index in [1.165, 1.54) is 26.2 Å². The van der Waals surface area contributed by atoms with Gasteiger partial charge in [-0.15, -0.1) is 0 Å². The van der Waals surface area contributed by atoms with Crippen molar-refractivity contribution in [3.63, 3.8) is 0 Å². The molecule has 8 atom stereocenters. The first kappa shape index (κ1) is 26.2. The van der Waals surface area contributed by atoms with Crippen molar-refractivity contribution < 1.29 is 24.2 Å². The summed E-state index contributed by atoms with van der Waals surface area (Å²) in [5.74, 6) is 0.461. The van der Waals surface area contributed by atoms with Crippen LogP contribution < -0.4 is 0 Å². The molecule has 1 unspecified atom stereocenters. The van der Waals surface area contributed by atoms with Gasteiger partial charge < -0.3 is 9.84 Å². The average molecular weight is 463 g/mol. The maximum atomic E-state index is 13.3. The van der Waals surface area contributed by atoms with Gasteiger partial charge in [0.2, 0.25) is 0 Å². The van der Waals surface area contributed by atoms with Gasteiger partial charge in [-0.2, -0.15) is 0 Å². The van der Waals surface area contributed by atoms with Crippen LogP contribution in [0.3, 0.4) is 0 Å². The number of fused-ring (bicyclic) bond motifs is 1. The van der Waals surface area contributed by atoms with Gasteiger partial charge in [0.15, 0.2) is 0 Å². The molecule has 1 N–H and O–H groups in total. The van der Waals surface area contributed by atoms with Gasteiger partial charge in [0.1, 0.15) is 11.9 Å². The third kappa shape index (κ3) is 5.17. The Morgan fingerprint density at radius 3 is 2.30 bits per heavy atom. The Hall–Kier alpha value is -1.39. The van der Waals surface area contributed by atoms with Crippen LogP contribution >= 0.6 is 0 Å². The minimum absolute atomic E-state index is 0.0468. The Bertz CT molecular complexity index is 745. The fourth-order valence-corrected chi connectivity index (χ4v) is 8.09. The van der Waals surface area contributed by atoms with Gasteiger partial charge in [-0.05, 0) is 73.5 Å². The van der Waals surface area contributed by atoms with Gasteiger partial charge >= 0.3 is 11.9 Å². The number of carboxylic acids is 1. The standard InChI is InChI=1S/C28H46O5/c1-17(2)8-7-9-18(3)21-10-11-22-25(26(31)32)23(13-15-27(21,22)5)28(6)14-12-20(16-24(28)30)33-19(4)29/h17-18,20-23,25H,7-16H2,1-6H3,(H,31,32)/t18-,20?,21-,22+,23+,25+,27-,28-/m1/s1. The highest BCUT2D eigenvalue weighted by Crippen LogP contribution is 2.64. The Labute approximate surface area is 200 Å². The number of aliphatic carboxylic acids is 1. The lowest BCUT2D eigenvalue weighted by Crippen LogP contribution is -2.54. The molecule has 0 heterocycles. The number of carboxylic acid groups (broad SMARTS) is 1. The molecule has 0 radical (unpaired) electrons. The van der Waals surface area contributed by atoms with E-state index in [4.69, 9.17) is 4.74 Å². The van der Waals surface area contributed by atoms with E-state index in [9.17, 15) is 19.5 Å². The van der Waals surface area contributed by atoms with Crippen molar-refractivity contribution in [3.05, 3.63) is 0 Å². The van der Waals surface area contributed by atoms with E-state index in [-0.39, 0.29) is 41.5 Å². The summed E-state index contributed by atoms with van der Waals surface area (Å²) in [5, 5.41) is 10.4. The molecule has 188 valence electrons. The van der Waals surface area contributed by atoms with E-state index in [1.54, 1.807) is 0 Å². The van der Waals surface area contributed by atoms with Gasteiger partial charge in [-0.1, -0.05) is 53.9 Å². The van der Waals surface area contributed by atoms with Crippen molar-refractivity contribution in [3.8, 4) is 0 Å². The molecule has 0 saturated heterocycles. The summed E-state index contributed by atoms with van der Waals surface area (Å²) in [6.07, 6.45) is 8.73. The molecule has 0 spiro atoms. The fraction of sp³-hybridized carbons (Fsp3) is 0.893. The molecule has 0 aromatic carbocycles. The van der Waals surface area contributed by atoms with Gasteiger partial charge in [0, 0.05) is 18.8 Å². The second kappa shape index (κ2) is 10.1. The summed E-state index contributed by atoms with van der Waals surface area (Å²) in [4.78, 5) is 37.4. The van der Waals surface area contributed by atoms with Crippen LogP contribution in [0.4, 0.5) is 0 Å². The van der Waals surface area contributed by atoms with Gasteiger partial charge in [0.05, 0.1) is 5.92 Å². The van der Waals surface area contributed by atoms with Crippen LogP contribution in [0.2, 0.25) is 0 Å². The smallest absolute Gasteiger partial charge is 0.307 e. The highest BCUT2D eigenvalue weighted by molar-refractivity contribution is 5.87. The predicted molar refractivity (Wildman–Crippen MR) is 129 cm³/mol. The summed E-state index contributed by atoms with van der Waals surface area (Å²) in [6.45, 7) is 12.6. The molecule has 33 heavy (non-hydrogen) atoms. The number of ether oxygens (including phenoxy) is 1. The number of hydrogen-bond donors (Lipinski definition) is 1. The number of ketones is 1. The van der Waals surface area contributed by atoms with Crippen LogP contribution in [0.5, 0.6) is 0 Å². The predicted octanol–water partition coefficient (Wildman–Crippen LogP) is 6.28. The first-order chi connectivity index (χ1) is 15.4. The summed E-state index contributed by atoms with van der Waals surface area (Å²) >= 11 is 0. The van der Waals surface area contributed by atoms with Crippen LogP contribution in [-0.2, 0) is 19.1 Å². The second-order valence-corrected chi connectivity index (χ2v) is 12.4. The number of carbonyl (C=O) groups excluding carboxylic acids is 2. The first-order valence-electron chi connectivity index (χ1n) is 13.3. The highest BCUT2D eigenvalue weighted by Gasteiger charge is 2.61. The SMILES string of the molecule is CC(=O)OC1CC[C@](C)([C@H]2CC[C@]3(C)[C@@H]([C@H](C)CCCC(C)C)CC[C@H]3[C@@H]2C(=O)O)C(=O)C1. The summed E-state index contributed by atoms with van der Waals surface area (Å²) in [5.41, 5.74) is -0.590. The molecular formula is C28H46O5. The van der Waals surface area contributed by atoms with Gasteiger partial charge in [-0.3, -0.25) is 14.4 Å². The largest absolute Gasteiger partial charge is 0.481 e. The quantitative estimate of drug-likeness (QED) is 0.429. The van der Waals surface area contributed by atoms with Crippen LogP contribution in [-0.4, -0.2) is 28.9 Å². The van der Waals surface area contributed by atoms with E-state index in [2.05, 4.69) is 27.7 Å². The molecule has 3 aliphatic carbocycles. The molecule has 3 fully saturated rings. The topological polar surface area (TPSA) is 80.7 Å².